The summed E-state index contributed by atoms with van der Waals surface area (Å²) in [7, 11) is 0. The number of esters is 1. The second kappa shape index (κ2) is 5.93. The van der Waals surface area contributed by atoms with Crippen molar-refractivity contribution in [1.82, 2.24) is 0 Å². The molecule has 0 bridgehead atoms. The summed E-state index contributed by atoms with van der Waals surface area (Å²) in [6.45, 7) is 6.88. The minimum Gasteiger partial charge on any atom is -0.462 e. The quantitative estimate of drug-likeness (QED) is 0.775. The summed E-state index contributed by atoms with van der Waals surface area (Å²) in [6.07, 6.45) is 2.07. The molecule has 22 heavy (non-hydrogen) atoms. The molecule has 1 unspecified atom stereocenters. The number of ether oxygens (including phenoxy) is 1. The van der Waals surface area contributed by atoms with Gasteiger partial charge in [0.2, 0.25) is 0 Å². The van der Waals surface area contributed by atoms with E-state index in [0.29, 0.717) is 25.7 Å². The Morgan fingerprint density at radius 3 is 2.55 bits per heavy atom. The van der Waals surface area contributed by atoms with E-state index in [1.807, 2.05) is 13.8 Å². The van der Waals surface area contributed by atoms with Crippen LogP contribution in [0.25, 0.3) is 0 Å². The molecular weight excluding hydrogens is 284 g/mol. The fourth-order valence-electron chi connectivity index (χ4n) is 4.64. The summed E-state index contributed by atoms with van der Waals surface area (Å²) in [5.74, 6) is -1.22. The predicted molar refractivity (Wildman–Crippen MR) is 81.0 cm³/mol. The van der Waals surface area contributed by atoms with Gasteiger partial charge in [-0.15, -0.1) is 0 Å². The minimum absolute atomic E-state index is 0.0113. The molecule has 126 valence electrons. The fourth-order valence-corrected chi connectivity index (χ4v) is 4.64. The Balaban J connectivity index is 2.35. The molecular formula is C17H28O5. The third-order valence-electron chi connectivity index (χ3n) is 5.86. The smallest absolute Gasteiger partial charge is 0.302 e. The number of rotatable bonds is 3. The Bertz CT molecular complexity index is 458. The molecule has 0 spiro atoms. The molecule has 6 atom stereocenters. The van der Waals surface area contributed by atoms with E-state index in [1.54, 1.807) is 6.92 Å². The number of hydrogen-bond donors (Lipinski definition) is 2. The van der Waals surface area contributed by atoms with Crippen LogP contribution < -0.4 is 0 Å². The molecule has 0 aliphatic heterocycles. The highest BCUT2D eigenvalue weighted by molar-refractivity contribution is 5.86. The van der Waals surface area contributed by atoms with Crippen molar-refractivity contribution in [2.24, 2.45) is 23.2 Å². The van der Waals surface area contributed by atoms with E-state index in [-0.39, 0.29) is 36.3 Å². The van der Waals surface area contributed by atoms with Gasteiger partial charge in [-0.2, -0.15) is 0 Å². The highest BCUT2D eigenvalue weighted by Crippen LogP contribution is 2.55. The second-order valence-corrected chi connectivity index (χ2v) is 7.64. The zero-order chi connectivity index (χ0) is 16.7. The largest absolute Gasteiger partial charge is 0.462 e. The lowest BCUT2D eigenvalue weighted by Crippen LogP contribution is -2.62. The van der Waals surface area contributed by atoms with Crippen LogP contribution in [0.1, 0.15) is 53.4 Å². The van der Waals surface area contributed by atoms with Crippen LogP contribution in [0.2, 0.25) is 0 Å². The molecule has 2 rings (SSSR count). The van der Waals surface area contributed by atoms with E-state index >= 15 is 0 Å². The summed E-state index contributed by atoms with van der Waals surface area (Å²) >= 11 is 0. The Morgan fingerprint density at radius 1 is 1.36 bits per heavy atom. The highest BCUT2D eigenvalue weighted by Gasteiger charge is 2.60. The predicted octanol–water partition coefficient (Wildman–Crippen LogP) is 1.69. The average Bonchev–Trinajstić information content (AvgIpc) is 2.41. The van der Waals surface area contributed by atoms with Crippen LogP contribution in [0, 0.1) is 23.2 Å². The van der Waals surface area contributed by atoms with Gasteiger partial charge in [0.15, 0.2) is 0 Å². The van der Waals surface area contributed by atoms with E-state index in [0.717, 1.165) is 0 Å². The van der Waals surface area contributed by atoms with Crippen LogP contribution in [-0.2, 0) is 14.3 Å². The van der Waals surface area contributed by atoms with E-state index in [9.17, 15) is 19.8 Å². The number of Topliss-reactive ketones (excluding diaryl/α,β-unsaturated/α-hetero) is 1. The van der Waals surface area contributed by atoms with Gasteiger partial charge in [0.25, 0.3) is 0 Å². The lowest BCUT2D eigenvalue weighted by Gasteiger charge is -2.56. The van der Waals surface area contributed by atoms with Crippen molar-refractivity contribution in [3.05, 3.63) is 0 Å². The van der Waals surface area contributed by atoms with Crippen molar-refractivity contribution >= 4 is 11.8 Å². The van der Waals surface area contributed by atoms with Crippen LogP contribution in [-0.4, -0.2) is 40.3 Å². The lowest BCUT2D eigenvalue weighted by molar-refractivity contribution is -0.198. The first-order valence-electron chi connectivity index (χ1n) is 8.17. The van der Waals surface area contributed by atoms with E-state index in [4.69, 9.17) is 4.74 Å². The molecule has 0 aromatic heterocycles. The van der Waals surface area contributed by atoms with Crippen LogP contribution in [0.5, 0.6) is 0 Å². The maximum absolute atomic E-state index is 13.0. The van der Waals surface area contributed by atoms with Crippen molar-refractivity contribution in [1.29, 1.82) is 0 Å². The monoisotopic (exact) mass is 312 g/mol. The molecule has 2 aliphatic rings. The number of carbonyl (C=O) groups is 2. The zero-order valence-corrected chi connectivity index (χ0v) is 14.0. The third kappa shape index (κ3) is 2.81. The number of carbonyl (C=O) groups excluding carboxylic acids is 2. The Labute approximate surface area is 132 Å². The maximum atomic E-state index is 13.0. The fraction of sp³-hybridized carbons (Fsp3) is 0.882. The molecule has 0 heterocycles. The average molecular weight is 312 g/mol. The van der Waals surface area contributed by atoms with Crippen molar-refractivity contribution in [3.8, 4) is 0 Å². The summed E-state index contributed by atoms with van der Waals surface area (Å²) < 4.78 is 5.48. The highest BCUT2D eigenvalue weighted by atomic mass is 16.5. The number of aliphatic hydroxyl groups excluding tert-OH is 1. The van der Waals surface area contributed by atoms with Crippen molar-refractivity contribution in [2.75, 3.05) is 6.61 Å². The summed E-state index contributed by atoms with van der Waals surface area (Å²) in [5.41, 5.74) is -1.62. The molecule has 0 aromatic carbocycles. The second-order valence-electron chi connectivity index (χ2n) is 7.64. The summed E-state index contributed by atoms with van der Waals surface area (Å²) in [4.78, 5) is 24.4. The molecule has 0 aromatic rings. The van der Waals surface area contributed by atoms with E-state index in [2.05, 4.69) is 0 Å². The van der Waals surface area contributed by atoms with Crippen molar-refractivity contribution in [2.45, 2.75) is 65.1 Å². The van der Waals surface area contributed by atoms with Gasteiger partial charge in [-0.05, 0) is 38.5 Å². The third-order valence-corrected chi connectivity index (χ3v) is 5.86. The Hall–Kier alpha value is -0.940. The Morgan fingerprint density at radius 2 is 2.00 bits per heavy atom. The molecule has 0 radical (unpaired) electrons. The van der Waals surface area contributed by atoms with Gasteiger partial charge in [0.1, 0.15) is 11.9 Å². The first-order chi connectivity index (χ1) is 10.1. The zero-order valence-electron chi connectivity index (χ0n) is 14.0. The van der Waals surface area contributed by atoms with Crippen LogP contribution in [0.4, 0.5) is 0 Å². The minimum atomic E-state index is -1.09. The van der Waals surface area contributed by atoms with Crippen molar-refractivity contribution in [3.63, 3.8) is 0 Å². The first-order valence-corrected chi connectivity index (χ1v) is 8.17. The lowest BCUT2D eigenvalue weighted by atomic mass is 9.51. The topological polar surface area (TPSA) is 83.8 Å². The maximum Gasteiger partial charge on any atom is 0.302 e. The van der Waals surface area contributed by atoms with Crippen molar-refractivity contribution < 1.29 is 24.5 Å². The van der Waals surface area contributed by atoms with Crippen LogP contribution in [0.15, 0.2) is 0 Å². The molecule has 0 amide bonds. The first kappa shape index (κ1) is 17.4. The normalized spacial score (nSPS) is 43.4. The summed E-state index contributed by atoms with van der Waals surface area (Å²) in [6, 6.07) is 0. The van der Waals surface area contributed by atoms with Gasteiger partial charge in [0.05, 0.1) is 11.5 Å². The van der Waals surface area contributed by atoms with Crippen LogP contribution >= 0.6 is 0 Å². The van der Waals surface area contributed by atoms with Crippen LogP contribution in [0.3, 0.4) is 0 Å². The van der Waals surface area contributed by atoms with E-state index in [1.165, 1.54) is 6.92 Å². The molecule has 2 fully saturated rings. The van der Waals surface area contributed by atoms with Gasteiger partial charge in [-0.3, -0.25) is 9.59 Å². The number of ketones is 1. The molecule has 5 nitrogen and oxygen atoms in total. The van der Waals surface area contributed by atoms with Gasteiger partial charge in [0, 0.05) is 24.9 Å². The van der Waals surface area contributed by atoms with Gasteiger partial charge in [-0.1, -0.05) is 13.8 Å². The standard InChI is InChI=1S/C17H28O5/c1-10(9-18)12-5-7-16(3)13(22-11(2)19)6-8-17(4,21)15(16)14(12)20/h10,12-13,15,18,21H,5-9H2,1-4H3/t10-,12+,13-,15?,16+,17-/m1/s1. The molecule has 0 saturated heterocycles. The molecule has 2 aliphatic carbocycles. The number of hydrogen-bond acceptors (Lipinski definition) is 5. The Kier molecular flexibility index (Phi) is 4.69. The van der Waals surface area contributed by atoms with Gasteiger partial charge in [-0.25, -0.2) is 0 Å². The number of fused-ring (bicyclic) bond motifs is 1. The number of aliphatic hydroxyl groups is 2. The molecule has 2 N–H and O–H groups in total. The molecule has 2 saturated carbocycles. The van der Waals surface area contributed by atoms with E-state index < -0.39 is 16.9 Å². The van der Waals surface area contributed by atoms with Gasteiger partial charge < -0.3 is 14.9 Å². The summed E-state index contributed by atoms with van der Waals surface area (Å²) in [5, 5.41) is 20.2. The SMILES string of the molecule is CC(=O)O[C@@H]1CC[C@@](C)(O)C2C(=O)[C@H]([C@H](C)CO)CC[C@]21C. The molecule has 5 heteroatoms. The van der Waals surface area contributed by atoms with Gasteiger partial charge >= 0.3 is 5.97 Å².